The summed E-state index contributed by atoms with van der Waals surface area (Å²) in [6, 6.07) is 21.9. The second-order valence-corrected chi connectivity index (χ2v) is 8.20. The summed E-state index contributed by atoms with van der Waals surface area (Å²) in [6.45, 7) is 4.50. The maximum atomic E-state index is 12.6. The summed E-state index contributed by atoms with van der Waals surface area (Å²) in [7, 11) is 0. The van der Waals surface area contributed by atoms with Crippen molar-refractivity contribution in [3.63, 3.8) is 0 Å². The number of thioether (sulfide) groups is 1. The van der Waals surface area contributed by atoms with Gasteiger partial charge < -0.3 is 9.73 Å². The van der Waals surface area contributed by atoms with Gasteiger partial charge in [0, 0.05) is 0 Å². The van der Waals surface area contributed by atoms with E-state index in [-0.39, 0.29) is 17.7 Å². The van der Waals surface area contributed by atoms with Gasteiger partial charge in [0.05, 0.1) is 30.2 Å². The minimum atomic E-state index is -0.0550. The van der Waals surface area contributed by atoms with Crippen LogP contribution in [0.15, 0.2) is 82.6 Å². The predicted octanol–water partition coefficient (Wildman–Crippen LogP) is 4.86. The Hall–Kier alpha value is -3.32. The van der Waals surface area contributed by atoms with Crippen molar-refractivity contribution in [2.24, 2.45) is 0 Å². The fourth-order valence-electron chi connectivity index (χ4n) is 3.36. The van der Waals surface area contributed by atoms with Crippen LogP contribution in [0.1, 0.15) is 29.9 Å². The van der Waals surface area contributed by atoms with Crippen LogP contribution < -0.4 is 5.32 Å². The van der Waals surface area contributed by atoms with Crippen LogP contribution in [0.25, 0.3) is 11.4 Å². The molecule has 158 valence electrons. The zero-order valence-electron chi connectivity index (χ0n) is 17.5. The van der Waals surface area contributed by atoms with Crippen LogP contribution in [0.5, 0.6) is 0 Å². The van der Waals surface area contributed by atoms with Gasteiger partial charge in [-0.15, -0.1) is 10.2 Å². The highest BCUT2D eigenvalue weighted by molar-refractivity contribution is 7.99. The van der Waals surface area contributed by atoms with Gasteiger partial charge in [0.2, 0.25) is 5.91 Å². The Kier molecular flexibility index (Phi) is 6.52. The fourth-order valence-corrected chi connectivity index (χ4v) is 4.11. The maximum Gasteiger partial charge on any atom is 0.230 e. The molecule has 31 heavy (non-hydrogen) atoms. The van der Waals surface area contributed by atoms with E-state index >= 15 is 0 Å². The number of aryl methyl sites for hydroxylation is 1. The first-order valence-corrected chi connectivity index (χ1v) is 11.1. The quantitative estimate of drug-likeness (QED) is 0.402. The summed E-state index contributed by atoms with van der Waals surface area (Å²) < 4.78 is 7.50. The summed E-state index contributed by atoms with van der Waals surface area (Å²) in [4.78, 5) is 12.6. The molecule has 0 aliphatic rings. The van der Waals surface area contributed by atoms with Gasteiger partial charge in [0.1, 0.15) is 5.76 Å². The normalized spacial score (nSPS) is 11.9. The van der Waals surface area contributed by atoms with E-state index in [4.69, 9.17) is 4.42 Å². The number of carbonyl (C=O) groups is 1. The Morgan fingerprint density at radius 3 is 2.45 bits per heavy atom. The summed E-state index contributed by atoms with van der Waals surface area (Å²) in [5, 5.41) is 12.5. The molecule has 0 bridgehead atoms. The van der Waals surface area contributed by atoms with Crippen LogP contribution in [0.2, 0.25) is 0 Å². The molecule has 2 heterocycles. The molecule has 1 amide bonds. The number of hydrogen-bond donors (Lipinski definition) is 1. The van der Waals surface area contributed by atoms with Gasteiger partial charge in [-0.3, -0.25) is 9.36 Å². The molecule has 6 nitrogen and oxygen atoms in total. The second-order valence-electron chi connectivity index (χ2n) is 7.26. The molecule has 0 unspecified atom stereocenters. The molecule has 4 aromatic rings. The Bertz CT molecular complexity index is 1140. The number of hydrogen-bond acceptors (Lipinski definition) is 5. The average Bonchev–Trinajstić information content (AvgIpc) is 3.39. The first-order chi connectivity index (χ1) is 15.1. The lowest BCUT2D eigenvalue weighted by atomic mass is 10.1. The van der Waals surface area contributed by atoms with Gasteiger partial charge in [-0.25, -0.2) is 0 Å². The zero-order chi connectivity index (χ0) is 21.6. The average molecular weight is 433 g/mol. The van der Waals surface area contributed by atoms with E-state index in [1.807, 2.05) is 73.0 Å². The van der Waals surface area contributed by atoms with Crippen LogP contribution in [-0.2, 0) is 11.3 Å². The van der Waals surface area contributed by atoms with E-state index in [1.165, 1.54) is 11.8 Å². The molecule has 0 saturated carbocycles. The van der Waals surface area contributed by atoms with Crippen molar-refractivity contribution in [3.05, 3.63) is 89.9 Å². The molecule has 0 spiro atoms. The second kappa shape index (κ2) is 9.66. The third kappa shape index (κ3) is 5.06. The van der Waals surface area contributed by atoms with E-state index in [2.05, 4.69) is 27.6 Å². The lowest BCUT2D eigenvalue weighted by Gasteiger charge is -2.14. The number of furan rings is 1. The van der Waals surface area contributed by atoms with Crippen molar-refractivity contribution < 1.29 is 9.21 Å². The number of aromatic nitrogens is 3. The topological polar surface area (TPSA) is 72.9 Å². The number of nitrogens with zero attached hydrogens (tertiary/aromatic N) is 3. The minimum absolute atomic E-state index is 0.0448. The van der Waals surface area contributed by atoms with Gasteiger partial charge in [-0.05, 0) is 31.0 Å². The maximum absolute atomic E-state index is 12.6. The first kappa shape index (κ1) is 20.9. The molecule has 2 aromatic carbocycles. The predicted molar refractivity (Wildman–Crippen MR) is 122 cm³/mol. The van der Waals surface area contributed by atoms with E-state index in [0.29, 0.717) is 11.7 Å². The van der Waals surface area contributed by atoms with Gasteiger partial charge in [0.15, 0.2) is 11.0 Å². The number of amides is 1. The molecule has 0 fully saturated rings. The van der Waals surface area contributed by atoms with Crippen molar-refractivity contribution in [2.75, 3.05) is 5.75 Å². The monoisotopic (exact) mass is 432 g/mol. The van der Waals surface area contributed by atoms with E-state index in [1.54, 1.807) is 6.26 Å². The van der Waals surface area contributed by atoms with E-state index < -0.39 is 0 Å². The van der Waals surface area contributed by atoms with Crippen molar-refractivity contribution in [2.45, 2.75) is 31.6 Å². The Labute approximate surface area is 185 Å². The number of rotatable bonds is 8. The fraction of sp³-hybridized carbons (Fsp3) is 0.208. The van der Waals surface area contributed by atoms with E-state index in [9.17, 15) is 4.79 Å². The lowest BCUT2D eigenvalue weighted by molar-refractivity contribution is -0.119. The van der Waals surface area contributed by atoms with Crippen molar-refractivity contribution >= 4 is 17.7 Å². The van der Waals surface area contributed by atoms with Gasteiger partial charge in [-0.2, -0.15) is 0 Å². The number of carbonyl (C=O) groups excluding carboxylic acids is 1. The highest BCUT2D eigenvalue weighted by Crippen LogP contribution is 2.28. The number of benzene rings is 2. The van der Waals surface area contributed by atoms with Crippen molar-refractivity contribution in [3.8, 4) is 11.4 Å². The van der Waals surface area contributed by atoms with Crippen LogP contribution in [-0.4, -0.2) is 26.4 Å². The van der Waals surface area contributed by atoms with Crippen molar-refractivity contribution in [1.29, 1.82) is 0 Å². The van der Waals surface area contributed by atoms with Gasteiger partial charge >= 0.3 is 0 Å². The molecular weight excluding hydrogens is 408 g/mol. The summed E-state index contributed by atoms with van der Waals surface area (Å²) in [5.74, 6) is 1.73. The molecule has 7 heteroatoms. The van der Waals surface area contributed by atoms with Gasteiger partial charge in [0.25, 0.3) is 0 Å². The number of nitrogens with one attached hydrogen (secondary N) is 1. The molecule has 1 N–H and O–H groups in total. The van der Waals surface area contributed by atoms with Crippen LogP contribution in [0.4, 0.5) is 0 Å². The summed E-state index contributed by atoms with van der Waals surface area (Å²) >= 11 is 1.38. The Balaban J connectivity index is 1.50. The molecule has 0 radical (unpaired) electrons. The third-order valence-corrected chi connectivity index (χ3v) is 5.98. The first-order valence-electron chi connectivity index (χ1n) is 10.1. The molecule has 1 atom stereocenters. The minimum Gasteiger partial charge on any atom is -0.469 e. The molecule has 0 saturated heterocycles. The Morgan fingerprint density at radius 2 is 1.77 bits per heavy atom. The van der Waals surface area contributed by atoms with Crippen molar-refractivity contribution in [1.82, 2.24) is 20.1 Å². The van der Waals surface area contributed by atoms with Crippen LogP contribution >= 0.6 is 11.8 Å². The zero-order valence-corrected chi connectivity index (χ0v) is 18.3. The smallest absolute Gasteiger partial charge is 0.230 e. The SMILES string of the molecule is Cc1occc1-c1nnc(SCC(=O)N[C@@H](C)c2ccccc2)n1Cc1ccccc1. The lowest BCUT2D eigenvalue weighted by Crippen LogP contribution is -2.28. The molecule has 2 aromatic heterocycles. The summed E-state index contributed by atoms with van der Waals surface area (Å²) in [6.07, 6.45) is 1.65. The molecular formula is C24H24N4O2S. The van der Waals surface area contributed by atoms with Crippen LogP contribution in [0, 0.1) is 6.92 Å². The highest BCUT2D eigenvalue weighted by atomic mass is 32.2. The standard InChI is InChI=1S/C24H24N4O2S/c1-17(20-11-7-4-8-12-20)25-22(29)16-31-24-27-26-23(21-13-14-30-18(21)2)28(24)15-19-9-5-3-6-10-19/h3-14,17H,15-16H2,1-2H3,(H,25,29)/t17-/m0/s1. The largest absolute Gasteiger partial charge is 0.469 e. The van der Waals surface area contributed by atoms with E-state index in [0.717, 1.165) is 28.3 Å². The highest BCUT2D eigenvalue weighted by Gasteiger charge is 2.19. The van der Waals surface area contributed by atoms with Gasteiger partial charge in [-0.1, -0.05) is 72.4 Å². The molecule has 0 aliphatic heterocycles. The van der Waals surface area contributed by atoms with Crippen LogP contribution in [0.3, 0.4) is 0 Å². The summed E-state index contributed by atoms with van der Waals surface area (Å²) in [5.41, 5.74) is 3.11. The molecule has 0 aliphatic carbocycles. The molecule has 4 rings (SSSR count). The third-order valence-electron chi connectivity index (χ3n) is 5.01. The Morgan fingerprint density at radius 1 is 1.06 bits per heavy atom.